The Hall–Kier alpha value is -3.47. The largest absolute Gasteiger partial charge is 0.398 e. The zero-order valence-electron chi connectivity index (χ0n) is 15.3. The second-order valence-corrected chi connectivity index (χ2v) is 6.71. The molecule has 1 amide bonds. The van der Waals surface area contributed by atoms with Crippen LogP contribution in [0.3, 0.4) is 0 Å². The molecule has 1 aliphatic rings. The molecule has 3 aromatic rings. The molecule has 0 atom stereocenters. The molecule has 0 saturated carbocycles. The summed E-state index contributed by atoms with van der Waals surface area (Å²) in [5.41, 5.74) is 10.0. The Morgan fingerprint density at radius 2 is 1.71 bits per heavy atom. The zero-order chi connectivity index (χ0) is 20.0. The van der Waals surface area contributed by atoms with E-state index < -0.39 is 17.5 Å². The maximum Gasteiger partial charge on any atom is 0.255 e. The van der Waals surface area contributed by atoms with E-state index in [0.717, 1.165) is 29.2 Å². The van der Waals surface area contributed by atoms with Crippen LogP contribution in [0.25, 0.3) is 27.8 Å². The van der Waals surface area contributed by atoms with Crippen LogP contribution in [0.1, 0.15) is 18.1 Å². The Labute approximate surface area is 161 Å². The minimum Gasteiger partial charge on any atom is -0.398 e. The molecular weight excluding hydrogens is 358 g/mol. The lowest BCUT2D eigenvalue weighted by Crippen LogP contribution is -2.02. The van der Waals surface area contributed by atoms with Gasteiger partial charge in [-0.05, 0) is 29.2 Å². The van der Waals surface area contributed by atoms with E-state index in [-0.39, 0.29) is 22.4 Å². The average molecular weight is 376 g/mol. The number of hydrogen-bond acceptors (Lipinski definition) is 2. The first kappa shape index (κ1) is 17.9. The fourth-order valence-electron chi connectivity index (χ4n) is 3.58. The summed E-state index contributed by atoms with van der Waals surface area (Å²) < 4.78 is 29.6. The standard InChI is InChI=1S/C23H18F2N2O/c1-3-13-5-4-6-16(22(13)26)14-7-9-15(10-8-14)20-17(24)11-18-19(21(20)25)12(2)23(28)27-18/h4-11H,2-3,26H2,1H3,(H,27,28). The lowest BCUT2D eigenvalue weighted by atomic mass is 9.95. The van der Waals surface area contributed by atoms with Crippen LogP contribution in [0.4, 0.5) is 20.2 Å². The van der Waals surface area contributed by atoms with E-state index in [1.807, 2.05) is 25.1 Å². The van der Waals surface area contributed by atoms with E-state index in [0.29, 0.717) is 11.3 Å². The third-order valence-electron chi connectivity index (χ3n) is 5.10. The van der Waals surface area contributed by atoms with Crippen LogP contribution in [0.5, 0.6) is 0 Å². The van der Waals surface area contributed by atoms with Gasteiger partial charge < -0.3 is 11.1 Å². The van der Waals surface area contributed by atoms with E-state index in [9.17, 15) is 9.18 Å². The molecule has 28 heavy (non-hydrogen) atoms. The van der Waals surface area contributed by atoms with E-state index in [1.54, 1.807) is 24.3 Å². The minimum absolute atomic E-state index is 0.00507. The summed E-state index contributed by atoms with van der Waals surface area (Å²) in [5, 5.41) is 2.42. The van der Waals surface area contributed by atoms with Gasteiger partial charge in [0.15, 0.2) is 0 Å². The van der Waals surface area contributed by atoms with E-state index in [4.69, 9.17) is 5.73 Å². The molecule has 3 N–H and O–H groups in total. The maximum absolute atomic E-state index is 15.0. The van der Waals surface area contributed by atoms with Gasteiger partial charge in [-0.2, -0.15) is 0 Å². The average Bonchev–Trinajstić information content (AvgIpc) is 2.96. The van der Waals surface area contributed by atoms with Crippen molar-refractivity contribution in [2.24, 2.45) is 0 Å². The summed E-state index contributed by atoms with van der Waals surface area (Å²) in [6.07, 6.45) is 0.819. The lowest BCUT2D eigenvalue weighted by molar-refractivity contribution is -0.110. The summed E-state index contributed by atoms with van der Waals surface area (Å²) in [7, 11) is 0. The number of hydrogen-bond donors (Lipinski definition) is 2. The third-order valence-corrected chi connectivity index (χ3v) is 5.10. The van der Waals surface area contributed by atoms with Crippen molar-refractivity contribution in [3.63, 3.8) is 0 Å². The number of aryl methyl sites for hydroxylation is 1. The van der Waals surface area contributed by atoms with Crippen molar-refractivity contribution in [1.82, 2.24) is 0 Å². The van der Waals surface area contributed by atoms with Gasteiger partial charge >= 0.3 is 0 Å². The number of carbonyl (C=O) groups excluding carboxylic acids is 1. The monoisotopic (exact) mass is 376 g/mol. The van der Waals surface area contributed by atoms with Crippen molar-refractivity contribution in [3.05, 3.63) is 77.9 Å². The topological polar surface area (TPSA) is 55.1 Å². The van der Waals surface area contributed by atoms with E-state index in [1.165, 1.54) is 0 Å². The molecule has 0 bridgehead atoms. The van der Waals surface area contributed by atoms with E-state index >= 15 is 4.39 Å². The Balaban J connectivity index is 1.79. The summed E-state index contributed by atoms with van der Waals surface area (Å²) in [5.74, 6) is -2.06. The van der Waals surface area contributed by atoms with Crippen LogP contribution in [0.15, 0.2) is 55.1 Å². The molecule has 1 heterocycles. The van der Waals surface area contributed by atoms with Crippen LogP contribution >= 0.6 is 0 Å². The number of halogens is 2. The number of fused-ring (bicyclic) bond motifs is 1. The molecular formula is C23H18F2N2O. The van der Waals surface area contributed by atoms with Gasteiger partial charge in [-0.3, -0.25) is 4.79 Å². The highest BCUT2D eigenvalue weighted by molar-refractivity contribution is 6.31. The Morgan fingerprint density at radius 1 is 1.04 bits per heavy atom. The molecule has 4 rings (SSSR count). The Morgan fingerprint density at radius 3 is 2.39 bits per heavy atom. The van der Waals surface area contributed by atoms with Crippen molar-refractivity contribution in [3.8, 4) is 22.3 Å². The van der Waals surface area contributed by atoms with Crippen LogP contribution < -0.4 is 11.1 Å². The zero-order valence-corrected chi connectivity index (χ0v) is 15.3. The van der Waals surface area contributed by atoms with Gasteiger partial charge in [0.25, 0.3) is 5.91 Å². The number of benzene rings is 3. The number of nitrogens with one attached hydrogen (secondary N) is 1. The van der Waals surface area contributed by atoms with Crippen molar-refractivity contribution in [2.75, 3.05) is 11.1 Å². The number of nitrogen functional groups attached to an aromatic ring is 1. The molecule has 0 fully saturated rings. The maximum atomic E-state index is 15.0. The normalized spacial score (nSPS) is 12.8. The number of amides is 1. The predicted octanol–water partition coefficient (Wildman–Crippen LogP) is 5.41. The summed E-state index contributed by atoms with van der Waals surface area (Å²) in [6, 6.07) is 13.8. The van der Waals surface area contributed by atoms with E-state index in [2.05, 4.69) is 11.9 Å². The van der Waals surface area contributed by atoms with Crippen LogP contribution in [-0.4, -0.2) is 5.91 Å². The molecule has 0 saturated heterocycles. The minimum atomic E-state index is -0.793. The molecule has 0 spiro atoms. The van der Waals surface area contributed by atoms with Gasteiger partial charge in [-0.25, -0.2) is 8.78 Å². The molecule has 5 heteroatoms. The molecule has 1 aliphatic heterocycles. The first-order chi connectivity index (χ1) is 13.4. The highest BCUT2D eigenvalue weighted by Gasteiger charge is 2.30. The second kappa shape index (κ2) is 6.60. The fraction of sp³-hybridized carbons (Fsp3) is 0.0870. The molecule has 140 valence electrons. The number of para-hydroxylation sites is 1. The van der Waals surface area contributed by atoms with Gasteiger partial charge in [-0.1, -0.05) is 56.0 Å². The van der Waals surface area contributed by atoms with Crippen LogP contribution in [0.2, 0.25) is 0 Å². The third kappa shape index (κ3) is 2.67. The lowest BCUT2D eigenvalue weighted by Gasteiger charge is -2.12. The van der Waals surface area contributed by atoms with Crippen molar-refractivity contribution < 1.29 is 13.6 Å². The number of nitrogens with two attached hydrogens (primary N) is 1. The fourth-order valence-corrected chi connectivity index (χ4v) is 3.58. The SMILES string of the molecule is C=C1C(=O)Nc2cc(F)c(-c3ccc(-c4cccc(CC)c4N)cc3)c(F)c21. The number of rotatable bonds is 3. The number of anilines is 2. The van der Waals surface area contributed by atoms with Gasteiger partial charge in [-0.15, -0.1) is 0 Å². The first-order valence-corrected chi connectivity index (χ1v) is 8.93. The summed E-state index contributed by atoms with van der Waals surface area (Å²) in [6.45, 7) is 5.63. The molecule has 0 aliphatic carbocycles. The predicted molar refractivity (Wildman–Crippen MR) is 109 cm³/mol. The molecule has 3 nitrogen and oxygen atoms in total. The van der Waals surface area contributed by atoms with Crippen LogP contribution in [0, 0.1) is 11.6 Å². The van der Waals surface area contributed by atoms with Crippen molar-refractivity contribution in [2.45, 2.75) is 13.3 Å². The van der Waals surface area contributed by atoms with Gasteiger partial charge in [0, 0.05) is 22.4 Å². The van der Waals surface area contributed by atoms with Gasteiger partial charge in [0.1, 0.15) is 11.6 Å². The molecule has 0 aromatic heterocycles. The van der Waals surface area contributed by atoms with Crippen molar-refractivity contribution in [1.29, 1.82) is 0 Å². The highest BCUT2D eigenvalue weighted by Crippen LogP contribution is 2.40. The van der Waals surface area contributed by atoms with Gasteiger partial charge in [0.2, 0.25) is 0 Å². The van der Waals surface area contributed by atoms with Crippen LogP contribution in [-0.2, 0) is 11.2 Å². The van der Waals surface area contributed by atoms with Crippen molar-refractivity contribution >= 4 is 22.9 Å². The quantitative estimate of drug-likeness (QED) is 0.474. The summed E-state index contributed by atoms with van der Waals surface area (Å²) >= 11 is 0. The number of carbonyl (C=O) groups is 1. The smallest absolute Gasteiger partial charge is 0.255 e. The second-order valence-electron chi connectivity index (χ2n) is 6.71. The van der Waals surface area contributed by atoms with Gasteiger partial charge in [0.05, 0.1) is 11.3 Å². The molecule has 0 radical (unpaired) electrons. The molecule has 0 unspecified atom stereocenters. The first-order valence-electron chi connectivity index (χ1n) is 8.93. The Bertz CT molecular complexity index is 1130. The Kier molecular flexibility index (Phi) is 4.23. The molecule has 3 aromatic carbocycles. The summed E-state index contributed by atoms with van der Waals surface area (Å²) in [4.78, 5) is 11.7. The highest BCUT2D eigenvalue weighted by atomic mass is 19.1.